The van der Waals surface area contributed by atoms with Crippen LogP contribution in [-0.4, -0.2) is 17.1 Å². The molecule has 0 aliphatic carbocycles. The number of carbonyl (C=O) groups excluding carboxylic acids is 1. The molecular weight excluding hydrogens is 386 g/mol. The van der Waals surface area contributed by atoms with Crippen molar-refractivity contribution in [2.45, 2.75) is 6.92 Å². The first-order valence-corrected chi connectivity index (χ1v) is 8.01. The van der Waals surface area contributed by atoms with E-state index in [-0.39, 0.29) is 17.0 Å². The summed E-state index contributed by atoms with van der Waals surface area (Å²) in [7, 11) is 0. The smallest absolute Gasteiger partial charge is 0.215 e. The molecule has 0 saturated heterocycles. The molecule has 0 atom stereocenters. The van der Waals surface area contributed by atoms with Crippen molar-refractivity contribution in [1.29, 1.82) is 0 Å². The van der Waals surface area contributed by atoms with Gasteiger partial charge >= 0.3 is 0 Å². The average molecular weight is 402 g/mol. The van der Waals surface area contributed by atoms with Gasteiger partial charge in [0.1, 0.15) is 0 Å². The maximum absolute atomic E-state index is 11.0. The number of hydrogen-bond acceptors (Lipinski definition) is 4. The van der Waals surface area contributed by atoms with Gasteiger partial charge in [-0.25, -0.2) is 0 Å². The van der Waals surface area contributed by atoms with Crippen molar-refractivity contribution in [2.75, 3.05) is 0 Å². The Bertz CT molecular complexity index is 913. The van der Waals surface area contributed by atoms with Gasteiger partial charge in [-0.05, 0) is 19.1 Å². The molecule has 0 aliphatic heterocycles. The second-order valence-corrected chi connectivity index (χ2v) is 5.76. The molecule has 4 nitrogen and oxygen atoms in total. The topological polar surface area (TPSA) is 46.7 Å². The van der Waals surface area contributed by atoms with E-state index in [1.54, 1.807) is 12.3 Å². The molecule has 2 aromatic carbocycles. The highest BCUT2D eigenvalue weighted by Crippen LogP contribution is 2.10. The number of carbonyl (C=O) groups is 1. The van der Waals surface area contributed by atoms with Crippen LogP contribution in [0.2, 0.25) is 0 Å². The first-order valence-electron chi connectivity index (χ1n) is 7.13. The van der Waals surface area contributed by atoms with Crippen LogP contribution in [0.25, 0.3) is 5.69 Å². The van der Waals surface area contributed by atoms with E-state index in [1.807, 2.05) is 65.4 Å². The zero-order valence-corrected chi connectivity index (χ0v) is 15.5. The Morgan fingerprint density at radius 2 is 1.67 bits per heavy atom. The number of thiazole rings is 1. The van der Waals surface area contributed by atoms with Crippen LogP contribution in [0.3, 0.4) is 0 Å². The highest BCUT2D eigenvalue weighted by Gasteiger charge is 2.03. The molecule has 0 bridgehead atoms. The van der Waals surface area contributed by atoms with E-state index in [2.05, 4.69) is 10.2 Å². The van der Waals surface area contributed by atoms with E-state index in [9.17, 15) is 4.79 Å². The molecule has 0 aliphatic rings. The molecule has 0 unspecified atom stereocenters. The number of hydrogen-bond donors (Lipinski definition) is 0. The van der Waals surface area contributed by atoms with Gasteiger partial charge in [0.05, 0.1) is 6.21 Å². The van der Waals surface area contributed by atoms with E-state index < -0.39 is 0 Å². The molecule has 122 valence electrons. The van der Waals surface area contributed by atoms with Crippen molar-refractivity contribution in [3.05, 3.63) is 81.6 Å². The summed E-state index contributed by atoms with van der Waals surface area (Å²) in [5.41, 5.74) is 3.51. The predicted molar refractivity (Wildman–Crippen MR) is 104 cm³/mol. The molecule has 1 heterocycles. The molecule has 0 radical (unpaired) electrons. The molecule has 0 fully saturated rings. The Morgan fingerprint density at radius 1 is 1.00 bits per heavy atom. The van der Waals surface area contributed by atoms with E-state index in [0.29, 0.717) is 5.56 Å². The molecule has 1 aromatic heterocycles. The Labute approximate surface area is 154 Å². The van der Waals surface area contributed by atoms with Gasteiger partial charge < -0.3 is 0 Å². The zero-order chi connectivity index (χ0) is 16.1. The Morgan fingerprint density at radius 3 is 2.38 bits per heavy atom. The maximum Gasteiger partial charge on any atom is 0.215 e. The van der Waals surface area contributed by atoms with Gasteiger partial charge in [0.2, 0.25) is 4.80 Å². The normalized spacial score (nSPS) is 11.5. The number of aromatic nitrogens is 1. The third-order valence-corrected chi connectivity index (χ3v) is 4.29. The van der Waals surface area contributed by atoms with Gasteiger partial charge in [-0.3, -0.25) is 9.36 Å². The van der Waals surface area contributed by atoms with Crippen LogP contribution in [0, 0.1) is 6.92 Å². The lowest BCUT2D eigenvalue weighted by Crippen LogP contribution is -2.13. The number of halogens is 1. The lowest BCUT2D eigenvalue weighted by molar-refractivity contribution is 0.112. The standard InChI is InChI=1S/C18H15N3OS.BrH/c1-14-13-23-18(21(14)17-9-3-2-4-10-17)20-19-11-15-7-5-6-8-16(15)12-22;/h2-13H,1H3;1H/b19-11+,20-18-;. The summed E-state index contributed by atoms with van der Waals surface area (Å²) >= 11 is 1.53. The predicted octanol–water partition coefficient (Wildman–Crippen LogP) is 4.17. The number of benzene rings is 2. The van der Waals surface area contributed by atoms with Crippen molar-refractivity contribution in [3.8, 4) is 5.69 Å². The fourth-order valence-corrected chi connectivity index (χ4v) is 3.06. The highest BCUT2D eigenvalue weighted by atomic mass is 79.9. The third kappa shape index (κ3) is 3.96. The van der Waals surface area contributed by atoms with Gasteiger partial charge in [-0.1, -0.05) is 42.5 Å². The summed E-state index contributed by atoms with van der Waals surface area (Å²) in [5, 5.41) is 10.5. The van der Waals surface area contributed by atoms with Crippen molar-refractivity contribution in [3.63, 3.8) is 0 Å². The Hall–Kier alpha value is -2.31. The minimum absolute atomic E-state index is 0. The van der Waals surface area contributed by atoms with E-state index in [4.69, 9.17) is 0 Å². The molecule has 3 rings (SSSR count). The minimum atomic E-state index is 0. The average Bonchev–Trinajstić information content (AvgIpc) is 2.97. The number of aldehydes is 1. The van der Waals surface area contributed by atoms with Gasteiger partial charge in [-0.2, -0.15) is 5.10 Å². The summed E-state index contributed by atoms with van der Waals surface area (Å²) in [6.45, 7) is 2.04. The molecule has 0 N–H and O–H groups in total. The Kier molecular flexibility index (Phi) is 6.40. The Balaban J connectivity index is 0.00000208. The lowest BCUT2D eigenvalue weighted by atomic mass is 10.1. The van der Waals surface area contributed by atoms with Gasteiger partial charge in [0.25, 0.3) is 0 Å². The van der Waals surface area contributed by atoms with E-state index >= 15 is 0 Å². The first kappa shape index (κ1) is 18.0. The van der Waals surface area contributed by atoms with Crippen molar-refractivity contribution < 1.29 is 4.79 Å². The number of para-hydroxylation sites is 1. The van der Waals surface area contributed by atoms with Gasteiger partial charge in [0, 0.05) is 27.9 Å². The van der Waals surface area contributed by atoms with Crippen LogP contribution in [0.1, 0.15) is 21.6 Å². The van der Waals surface area contributed by atoms with Crippen LogP contribution >= 0.6 is 28.3 Å². The fraction of sp³-hybridized carbons (Fsp3) is 0.0556. The highest BCUT2D eigenvalue weighted by molar-refractivity contribution is 8.93. The summed E-state index contributed by atoms with van der Waals surface area (Å²) in [5.74, 6) is 0. The zero-order valence-electron chi connectivity index (χ0n) is 13.0. The quantitative estimate of drug-likeness (QED) is 0.367. The molecule has 0 spiro atoms. The molecule has 3 aromatic rings. The van der Waals surface area contributed by atoms with Crippen molar-refractivity contribution >= 4 is 40.8 Å². The van der Waals surface area contributed by atoms with Gasteiger partial charge in [-0.15, -0.1) is 33.4 Å². The lowest BCUT2D eigenvalue weighted by Gasteiger charge is -2.04. The fourth-order valence-electron chi connectivity index (χ4n) is 2.23. The number of aryl methyl sites for hydroxylation is 1. The molecule has 0 saturated carbocycles. The van der Waals surface area contributed by atoms with E-state index in [0.717, 1.165) is 28.0 Å². The molecule has 24 heavy (non-hydrogen) atoms. The van der Waals surface area contributed by atoms with Crippen LogP contribution in [-0.2, 0) is 0 Å². The van der Waals surface area contributed by atoms with Crippen LogP contribution in [0.5, 0.6) is 0 Å². The third-order valence-electron chi connectivity index (χ3n) is 3.36. The monoisotopic (exact) mass is 401 g/mol. The van der Waals surface area contributed by atoms with E-state index in [1.165, 1.54) is 11.3 Å². The molecular formula is C18H16BrN3OS. The second kappa shape index (κ2) is 8.52. The summed E-state index contributed by atoms with van der Waals surface area (Å²) < 4.78 is 2.05. The van der Waals surface area contributed by atoms with Crippen LogP contribution in [0.15, 0.2) is 70.2 Å². The molecule has 0 amide bonds. The van der Waals surface area contributed by atoms with Crippen LogP contribution < -0.4 is 4.80 Å². The minimum Gasteiger partial charge on any atom is -0.298 e. The van der Waals surface area contributed by atoms with Crippen molar-refractivity contribution in [1.82, 2.24) is 4.57 Å². The second-order valence-electron chi connectivity index (χ2n) is 4.92. The largest absolute Gasteiger partial charge is 0.298 e. The van der Waals surface area contributed by atoms with Gasteiger partial charge in [0.15, 0.2) is 6.29 Å². The number of nitrogens with zero attached hydrogens (tertiary/aromatic N) is 3. The van der Waals surface area contributed by atoms with Crippen LogP contribution in [0.4, 0.5) is 0 Å². The van der Waals surface area contributed by atoms with Crippen molar-refractivity contribution in [2.24, 2.45) is 10.2 Å². The number of rotatable bonds is 4. The summed E-state index contributed by atoms with van der Waals surface area (Å²) in [4.78, 5) is 11.8. The maximum atomic E-state index is 11.0. The first-order chi connectivity index (χ1) is 11.3. The molecule has 6 heteroatoms. The summed E-state index contributed by atoms with van der Waals surface area (Å²) in [6, 6.07) is 17.3. The summed E-state index contributed by atoms with van der Waals surface area (Å²) in [6.07, 6.45) is 2.43. The SMILES string of the molecule is Br.Cc1cs/c(=N\N=C\c2ccccc2C=O)n1-c1ccccc1.